The lowest BCUT2D eigenvalue weighted by atomic mass is 10.0. The normalized spacial score (nSPS) is 23.1. The molecule has 2 fully saturated rings. The zero-order valence-corrected chi connectivity index (χ0v) is 18.2. The average molecular weight is 450 g/mol. The van der Waals surface area contributed by atoms with Crippen molar-refractivity contribution in [2.24, 2.45) is 0 Å². The molecule has 5 heterocycles. The van der Waals surface area contributed by atoms with Crippen LogP contribution in [0.5, 0.6) is 0 Å². The van der Waals surface area contributed by atoms with Gasteiger partial charge in [-0.15, -0.1) is 0 Å². The molecule has 4 aromatic rings. The Kier molecular flexibility index (Phi) is 4.86. The fourth-order valence-corrected chi connectivity index (χ4v) is 5.03. The van der Waals surface area contributed by atoms with E-state index in [1.54, 1.807) is 15.4 Å². The molecule has 9 heteroatoms. The summed E-state index contributed by atoms with van der Waals surface area (Å²) in [5, 5.41) is 8.98. The molecule has 0 radical (unpaired) electrons. The van der Waals surface area contributed by atoms with E-state index in [0.29, 0.717) is 29.6 Å². The molecule has 7 nitrogen and oxygen atoms in total. The van der Waals surface area contributed by atoms with Crippen LogP contribution in [0.25, 0.3) is 11.3 Å². The number of rotatable bonds is 4. The Morgan fingerprint density at radius 2 is 2.03 bits per heavy atom. The maximum Gasteiger partial charge on any atom is 0.183 e. The van der Waals surface area contributed by atoms with Gasteiger partial charge in [-0.25, -0.2) is 23.0 Å². The van der Waals surface area contributed by atoms with Crippen molar-refractivity contribution >= 4 is 11.5 Å². The van der Waals surface area contributed by atoms with Crippen molar-refractivity contribution in [3.05, 3.63) is 71.8 Å². The molecule has 1 aromatic carbocycles. The lowest BCUT2D eigenvalue weighted by Crippen LogP contribution is -2.24. The number of benzene rings is 1. The van der Waals surface area contributed by atoms with Gasteiger partial charge in [0.2, 0.25) is 0 Å². The van der Waals surface area contributed by atoms with Crippen LogP contribution in [-0.4, -0.2) is 43.6 Å². The molecule has 3 atom stereocenters. The second-order valence-electron chi connectivity index (χ2n) is 8.90. The summed E-state index contributed by atoms with van der Waals surface area (Å²) in [7, 11) is 0. The number of aromatic nitrogens is 5. The number of halogens is 2. The molecule has 6 rings (SSSR count). The van der Waals surface area contributed by atoms with Gasteiger partial charge in [0.05, 0.1) is 31.1 Å². The zero-order valence-electron chi connectivity index (χ0n) is 18.2. The van der Waals surface area contributed by atoms with Crippen LogP contribution in [0.2, 0.25) is 0 Å². The Labute approximate surface area is 189 Å². The van der Waals surface area contributed by atoms with Gasteiger partial charge < -0.3 is 9.64 Å². The highest BCUT2D eigenvalue weighted by atomic mass is 19.1. The smallest absolute Gasteiger partial charge is 0.183 e. The van der Waals surface area contributed by atoms with Gasteiger partial charge in [-0.05, 0) is 56.0 Å². The van der Waals surface area contributed by atoms with E-state index in [-0.39, 0.29) is 12.1 Å². The summed E-state index contributed by atoms with van der Waals surface area (Å²) < 4.78 is 37.6. The van der Waals surface area contributed by atoms with Crippen LogP contribution in [0, 0.1) is 11.6 Å². The fraction of sp³-hybridized carbons (Fsp3) is 0.375. The maximum atomic E-state index is 14.5. The monoisotopic (exact) mass is 450 g/mol. The van der Waals surface area contributed by atoms with Crippen molar-refractivity contribution < 1.29 is 13.5 Å². The zero-order chi connectivity index (χ0) is 22.5. The van der Waals surface area contributed by atoms with Crippen LogP contribution in [0.15, 0.2) is 49.1 Å². The van der Waals surface area contributed by atoms with Crippen molar-refractivity contribution in [3.63, 3.8) is 0 Å². The van der Waals surface area contributed by atoms with E-state index in [2.05, 4.69) is 17.1 Å². The van der Waals surface area contributed by atoms with E-state index < -0.39 is 11.6 Å². The maximum absolute atomic E-state index is 14.5. The van der Waals surface area contributed by atoms with Gasteiger partial charge in [0, 0.05) is 30.4 Å². The number of anilines is 1. The summed E-state index contributed by atoms with van der Waals surface area (Å²) in [5.74, 6) is 0.219. The molecular weight excluding hydrogens is 426 g/mol. The molecule has 0 aliphatic carbocycles. The van der Waals surface area contributed by atoms with Crippen LogP contribution >= 0.6 is 0 Å². The number of fused-ring (bicyclic) bond motifs is 1. The molecule has 0 bridgehead atoms. The third-order valence-electron chi connectivity index (χ3n) is 6.72. The number of hydrogen-bond acceptors (Lipinski definition) is 5. The van der Waals surface area contributed by atoms with Gasteiger partial charge in [-0.2, -0.15) is 10.2 Å². The Morgan fingerprint density at radius 3 is 2.88 bits per heavy atom. The second kappa shape index (κ2) is 7.91. The van der Waals surface area contributed by atoms with Crippen molar-refractivity contribution in [3.8, 4) is 5.69 Å². The standard InChI is InChI=1S/C24H24F2N6O/c1-15-9-16(14-33-15)17-11-27-32(13-17)22-12-28-31-8-6-23(29-24(22)31)30-7-2-3-21(30)19-10-18(25)4-5-20(19)26/h4-6,8,10-13,15-16,21H,2-3,7,9,14H2,1H3/t15?,16?,21-/m0/s1. The highest BCUT2D eigenvalue weighted by Crippen LogP contribution is 2.37. The van der Waals surface area contributed by atoms with Crippen molar-refractivity contribution in [1.29, 1.82) is 0 Å². The van der Waals surface area contributed by atoms with E-state index >= 15 is 0 Å². The van der Waals surface area contributed by atoms with E-state index in [9.17, 15) is 8.78 Å². The Balaban J connectivity index is 1.35. The SMILES string of the molecule is CC1CC(c2cnn(-c3cnn4ccc(N5CCC[C@H]5c5cc(F)ccc5F)nc34)c2)CO1. The van der Waals surface area contributed by atoms with Crippen LogP contribution < -0.4 is 4.90 Å². The second-order valence-corrected chi connectivity index (χ2v) is 8.90. The molecule has 0 saturated carbocycles. The van der Waals surface area contributed by atoms with E-state index in [0.717, 1.165) is 43.1 Å². The summed E-state index contributed by atoms with van der Waals surface area (Å²) in [6.07, 6.45) is 10.3. The average Bonchev–Trinajstić information content (AvgIpc) is 3.60. The summed E-state index contributed by atoms with van der Waals surface area (Å²) >= 11 is 0. The highest BCUT2D eigenvalue weighted by molar-refractivity contribution is 5.61. The van der Waals surface area contributed by atoms with Gasteiger partial charge in [0.25, 0.3) is 0 Å². The first-order valence-corrected chi connectivity index (χ1v) is 11.3. The molecule has 2 unspecified atom stereocenters. The van der Waals surface area contributed by atoms with E-state index in [1.807, 2.05) is 29.6 Å². The van der Waals surface area contributed by atoms with Gasteiger partial charge in [-0.3, -0.25) is 0 Å². The number of hydrogen-bond donors (Lipinski definition) is 0. The van der Waals surface area contributed by atoms with Crippen molar-refractivity contribution in [2.45, 2.75) is 44.2 Å². The quantitative estimate of drug-likeness (QED) is 0.461. The van der Waals surface area contributed by atoms with Gasteiger partial charge in [0.15, 0.2) is 5.65 Å². The highest BCUT2D eigenvalue weighted by Gasteiger charge is 2.30. The Hall–Kier alpha value is -3.33. The number of nitrogens with zero attached hydrogens (tertiary/aromatic N) is 6. The first-order valence-electron chi connectivity index (χ1n) is 11.3. The minimum Gasteiger partial charge on any atom is -0.378 e. The molecule has 0 N–H and O–H groups in total. The van der Waals surface area contributed by atoms with Crippen LogP contribution in [0.3, 0.4) is 0 Å². The van der Waals surface area contributed by atoms with Crippen LogP contribution in [-0.2, 0) is 4.74 Å². The summed E-state index contributed by atoms with van der Waals surface area (Å²) in [6.45, 7) is 3.51. The topological polar surface area (TPSA) is 60.5 Å². The molecule has 2 aliphatic heterocycles. The molecule has 0 spiro atoms. The fourth-order valence-electron chi connectivity index (χ4n) is 5.03. The molecule has 2 aliphatic rings. The predicted octanol–water partition coefficient (Wildman–Crippen LogP) is 4.43. The lowest BCUT2D eigenvalue weighted by Gasteiger charge is -2.26. The predicted molar refractivity (Wildman–Crippen MR) is 119 cm³/mol. The Morgan fingerprint density at radius 1 is 1.12 bits per heavy atom. The third-order valence-corrected chi connectivity index (χ3v) is 6.72. The summed E-state index contributed by atoms with van der Waals surface area (Å²) in [6, 6.07) is 5.24. The van der Waals surface area contributed by atoms with Gasteiger partial charge in [0.1, 0.15) is 23.1 Å². The molecule has 3 aromatic heterocycles. The van der Waals surface area contributed by atoms with Gasteiger partial charge in [-0.1, -0.05) is 0 Å². The minimum absolute atomic E-state index is 0.260. The first kappa shape index (κ1) is 20.3. The Bertz CT molecular complexity index is 1320. The van der Waals surface area contributed by atoms with E-state index in [4.69, 9.17) is 9.72 Å². The lowest BCUT2D eigenvalue weighted by molar-refractivity contribution is 0.123. The molecule has 0 amide bonds. The number of ether oxygens (including phenoxy) is 1. The third kappa shape index (κ3) is 3.56. The first-order chi connectivity index (χ1) is 16.1. The summed E-state index contributed by atoms with van der Waals surface area (Å²) in [5.41, 5.74) is 2.93. The largest absolute Gasteiger partial charge is 0.378 e. The summed E-state index contributed by atoms with van der Waals surface area (Å²) in [4.78, 5) is 6.91. The molecule has 2 saturated heterocycles. The molecule has 170 valence electrons. The van der Waals surface area contributed by atoms with Crippen LogP contribution in [0.4, 0.5) is 14.6 Å². The van der Waals surface area contributed by atoms with E-state index in [1.165, 1.54) is 12.1 Å². The van der Waals surface area contributed by atoms with Crippen LogP contribution in [0.1, 0.15) is 49.3 Å². The van der Waals surface area contributed by atoms with Gasteiger partial charge >= 0.3 is 0 Å². The molecular formula is C24H24F2N6O. The molecule has 33 heavy (non-hydrogen) atoms. The van der Waals surface area contributed by atoms with Crippen molar-refractivity contribution in [2.75, 3.05) is 18.1 Å². The van der Waals surface area contributed by atoms with Crippen molar-refractivity contribution in [1.82, 2.24) is 24.4 Å². The minimum atomic E-state index is -0.434.